The average Bonchev–Trinajstić information content (AvgIpc) is 2.65. The number of rotatable bonds is 0. The molecule has 2 heterocycles. The van der Waals surface area contributed by atoms with Gasteiger partial charge in [0.1, 0.15) is 11.3 Å². The fraction of sp³-hybridized carbons (Fsp3) is 0.222. The Kier molecular flexibility index (Phi) is 1.34. The predicted molar refractivity (Wildman–Crippen MR) is 48.1 cm³/mol. The number of nitrogens with zero attached hydrogens (tertiary/aromatic N) is 2. The van der Waals surface area contributed by atoms with Gasteiger partial charge in [0, 0.05) is 25.2 Å². The summed E-state index contributed by atoms with van der Waals surface area (Å²) in [6, 6.07) is 2.16. The molecule has 1 aliphatic rings. The van der Waals surface area contributed by atoms with E-state index in [-0.39, 0.29) is 5.52 Å². The summed E-state index contributed by atoms with van der Waals surface area (Å²) in [5, 5.41) is 3.00. The van der Waals surface area contributed by atoms with Gasteiger partial charge < -0.3 is 9.88 Å². The van der Waals surface area contributed by atoms with Crippen molar-refractivity contribution in [2.24, 2.45) is 0 Å². The Morgan fingerprint density at radius 3 is 3.07 bits per heavy atom. The Balaban J connectivity index is 2.43. The van der Waals surface area contributed by atoms with E-state index in [9.17, 15) is 8.78 Å². The third-order valence-corrected chi connectivity index (χ3v) is 2.39. The quantitative estimate of drug-likeness (QED) is 0.693. The maximum atomic E-state index is 13.3. The van der Waals surface area contributed by atoms with Crippen molar-refractivity contribution in [2.75, 3.05) is 11.9 Å². The molecule has 2 aromatic rings. The van der Waals surface area contributed by atoms with E-state index in [0.29, 0.717) is 18.0 Å². The van der Waals surface area contributed by atoms with Crippen LogP contribution in [-0.2, 0) is 6.54 Å². The third-order valence-electron chi connectivity index (χ3n) is 2.39. The van der Waals surface area contributed by atoms with Gasteiger partial charge in [0.2, 0.25) is 5.95 Å². The lowest BCUT2D eigenvalue weighted by Crippen LogP contribution is -1.96. The SMILES string of the molecule is Fc1cc(F)c2nc3n(c2c1)CCN3. The van der Waals surface area contributed by atoms with Crippen LogP contribution >= 0.6 is 0 Å². The van der Waals surface area contributed by atoms with Crippen LogP contribution in [0, 0.1) is 11.6 Å². The van der Waals surface area contributed by atoms with Gasteiger partial charge in [-0.3, -0.25) is 0 Å². The highest BCUT2D eigenvalue weighted by atomic mass is 19.1. The van der Waals surface area contributed by atoms with Crippen molar-refractivity contribution < 1.29 is 8.78 Å². The topological polar surface area (TPSA) is 29.9 Å². The van der Waals surface area contributed by atoms with Crippen LogP contribution in [0.25, 0.3) is 11.0 Å². The number of nitrogens with one attached hydrogen (secondary N) is 1. The largest absolute Gasteiger partial charge is 0.354 e. The molecule has 0 spiro atoms. The van der Waals surface area contributed by atoms with E-state index in [2.05, 4.69) is 10.3 Å². The predicted octanol–water partition coefficient (Wildman–Crippen LogP) is 1.74. The average molecular weight is 195 g/mol. The molecule has 3 rings (SSSR count). The van der Waals surface area contributed by atoms with Crippen molar-refractivity contribution in [3.8, 4) is 0 Å². The van der Waals surface area contributed by atoms with Gasteiger partial charge in [0.05, 0.1) is 5.52 Å². The van der Waals surface area contributed by atoms with Gasteiger partial charge in [0.15, 0.2) is 5.82 Å². The highest BCUT2D eigenvalue weighted by Crippen LogP contribution is 2.25. The Bertz CT molecular complexity index is 518. The van der Waals surface area contributed by atoms with Crippen LogP contribution in [0.2, 0.25) is 0 Å². The minimum Gasteiger partial charge on any atom is -0.354 e. The number of hydrogen-bond donors (Lipinski definition) is 1. The Labute approximate surface area is 78.4 Å². The molecule has 3 nitrogen and oxygen atoms in total. The molecule has 5 heteroatoms. The van der Waals surface area contributed by atoms with Gasteiger partial charge in [-0.1, -0.05) is 0 Å². The second-order valence-electron chi connectivity index (χ2n) is 3.27. The highest BCUT2D eigenvalue weighted by Gasteiger charge is 2.18. The van der Waals surface area contributed by atoms with Gasteiger partial charge in [-0.15, -0.1) is 0 Å². The summed E-state index contributed by atoms with van der Waals surface area (Å²) in [6.07, 6.45) is 0. The van der Waals surface area contributed by atoms with Crippen LogP contribution < -0.4 is 5.32 Å². The molecule has 1 aromatic heterocycles. The molecule has 0 amide bonds. The zero-order valence-electron chi connectivity index (χ0n) is 7.22. The standard InChI is InChI=1S/C9H7F2N3/c10-5-3-6(11)8-7(4-5)14-2-1-12-9(14)13-8/h3-4H,1-2H2,(H,12,13). The van der Waals surface area contributed by atoms with Gasteiger partial charge in [-0.25, -0.2) is 13.8 Å². The summed E-state index contributed by atoms with van der Waals surface area (Å²) < 4.78 is 28.0. The van der Waals surface area contributed by atoms with E-state index < -0.39 is 11.6 Å². The van der Waals surface area contributed by atoms with Crippen LogP contribution in [0.15, 0.2) is 12.1 Å². The number of hydrogen-bond acceptors (Lipinski definition) is 2. The second kappa shape index (κ2) is 2.43. The van der Waals surface area contributed by atoms with Crippen LogP contribution in [0.5, 0.6) is 0 Å². The fourth-order valence-corrected chi connectivity index (χ4v) is 1.79. The van der Waals surface area contributed by atoms with Crippen molar-refractivity contribution in [1.29, 1.82) is 0 Å². The molecular weight excluding hydrogens is 188 g/mol. The zero-order chi connectivity index (χ0) is 9.71. The van der Waals surface area contributed by atoms with Crippen molar-refractivity contribution in [3.05, 3.63) is 23.8 Å². The minimum atomic E-state index is -0.608. The fourth-order valence-electron chi connectivity index (χ4n) is 1.79. The first kappa shape index (κ1) is 7.73. The summed E-state index contributed by atoms with van der Waals surface area (Å²) in [7, 11) is 0. The molecule has 0 saturated heterocycles. The highest BCUT2D eigenvalue weighted by molar-refractivity contribution is 5.80. The number of halogens is 2. The summed E-state index contributed by atoms with van der Waals surface area (Å²) in [6.45, 7) is 1.46. The van der Waals surface area contributed by atoms with E-state index >= 15 is 0 Å². The van der Waals surface area contributed by atoms with Gasteiger partial charge in [0.25, 0.3) is 0 Å². The molecule has 1 N–H and O–H groups in total. The Hall–Kier alpha value is -1.65. The molecule has 0 saturated carbocycles. The summed E-state index contributed by atoms with van der Waals surface area (Å²) in [5.74, 6) is -0.558. The van der Waals surface area contributed by atoms with E-state index in [1.54, 1.807) is 4.57 Å². The molecule has 1 aromatic carbocycles. The van der Waals surface area contributed by atoms with E-state index in [4.69, 9.17) is 0 Å². The second-order valence-corrected chi connectivity index (χ2v) is 3.27. The van der Waals surface area contributed by atoms with Crippen LogP contribution in [0.3, 0.4) is 0 Å². The molecule has 72 valence electrons. The molecule has 0 atom stereocenters. The molecule has 0 radical (unpaired) electrons. The van der Waals surface area contributed by atoms with Crippen LogP contribution in [-0.4, -0.2) is 16.1 Å². The van der Waals surface area contributed by atoms with Crippen molar-refractivity contribution >= 4 is 17.0 Å². The summed E-state index contributed by atoms with van der Waals surface area (Å²) in [5.41, 5.74) is 0.746. The van der Waals surface area contributed by atoms with Crippen molar-refractivity contribution in [2.45, 2.75) is 6.54 Å². The zero-order valence-corrected chi connectivity index (χ0v) is 7.22. The lowest BCUT2D eigenvalue weighted by atomic mass is 10.3. The molecule has 0 unspecified atom stereocenters. The van der Waals surface area contributed by atoms with Crippen LogP contribution in [0.4, 0.5) is 14.7 Å². The number of anilines is 1. The van der Waals surface area contributed by atoms with E-state index in [0.717, 1.165) is 12.6 Å². The summed E-state index contributed by atoms with van der Waals surface area (Å²) >= 11 is 0. The van der Waals surface area contributed by atoms with Gasteiger partial charge >= 0.3 is 0 Å². The molecular formula is C9H7F2N3. The van der Waals surface area contributed by atoms with Crippen LogP contribution in [0.1, 0.15) is 0 Å². The van der Waals surface area contributed by atoms with E-state index in [1.165, 1.54) is 6.07 Å². The number of fused-ring (bicyclic) bond motifs is 3. The normalized spacial score (nSPS) is 14.4. The number of imidazole rings is 1. The summed E-state index contributed by atoms with van der Waals surface area (Å²) in [4.78, 5) is 4.04. The Morgan fingerprint density at radius 1 is 1.36 bits per heavy atom. The Morgan fingerprint density at radius 2 is 2.21 bits per heavy atom. The molecule has 0 fully saturated rings. The lowest BCUT2D eigenvalue weighted by Gasteiger charge is -1.97. The smallest absolute Gasteiger partial charge is 0.204 e. The molecule has 0 bridgehead atoms. The maximum absolute atomic E-state index is 13.3. The maximum Gasteiger partial charge on any atom is 0.204 e. The lowest BCUT2D eigenvalue weighted by molar-refractivity contribution is 0.590. The van der Waals surface area contributed by atoms with Gasteiger partial charge in [-0.2, -0.15) is 0 Å². The molecule has 1 aliphatic heterocycles. The first-order valence-corrected chi connectivity index (χ1v) is 4.35. The number of benzene rings is 1. The molecule has 0 aliphatic carbocycles. The monoisotopic (exact) mass is 195 g/mol. The van der Waals surface area contributed by atoms with Gasteiger partial charge in [-0.05, 0) is 0 Å². The van der Waals surface area contributed by atoms with E-state index in [1.807, 2.05) is 0 Å². The first-order chi connectivity index (χ1) is 6.75. The first-order valence-electron chi connectivity index (χ1n) is 4.35. The van der Waals surface area contributed by atoms with Crippen molar-refractivity contribution in [3.63, 3.8) is 0 Å². The molecule has 14 heavy (non-hydrogen) atoms. The van der Waals surface area contributed by atoms with Crippen molar-refractivity contribution in [1.82, 2.24) is 9.55 Å². The third kappa shape index (κ3) is 0.865. The number of aromatic nitrogens is 2. The minimum absolute atomic E-state index is 0.230.